The number of hydrogen-bond acceptors (Lipinski definition) is 4. The van der Waals surface area contributed by atoms with Gasteiger partial charge in [0, 0.05) is 29.9 Å². The summed E-state index contributed by atoms with van der Waals surface area (Å²) >= 11 is 6.45. The molecule has 4 rings (SSSR count). The summed E-state index contributed by atoms with van der Waals surface area (Å²) in [6.45, 7) is -0.169. The fraction of sp³-hybridized carbons (Fsp3) is 0.211. The second-order valence-corrected chi connectivity index (χ2v) is 8.26. The van der Waals surface area contributed by atoms with E-state index in [0.717, 1.165) is 45.5 Å². The third-order valence-corrected chi connectivity index (χ3v) is 6.35. The van der Waals surface area contributed by atoms with E-state index in [2.05, 4.69) is 10.3 Å². The fourth-order valence-corrected chi connectivity index (χ4v) is 4.63. The summed E-state index contributed by atoms with van der Waals surface area (Å²) in [5.41, 5.74) is -1.43. The van der Waals surface area contributed by atoms with E-state index < -0.39 is 46.5 Å². The first-order valence-electron chi connectivity index (χ1n) is 8.94. The molecule has 6 nitrogen and oxygen atoms in total. The number of thiophene rings is 1. The molecule has 1 aliphatic rings. The zero-order chi connectivity index (χ0) is 23.4. The first kappa shape index (κ1) is 22.2. The van der Waals surface area contributed by atoms with Crippen LogP contribution < -0.4 is 15.1 Å². The lowest BCUT2D eigenvalue weighted by atomic mass is 10.2. The second kappa shape index (κ2) is 7.85. The number of carbonyl (C=O) groups is 2. The number of halogens is 6. The Balaban J connectivity index is 1.72. The highest BCUT2D eigenvalue weighted by Crippen LogP contribution is 2.41. The van der Waals surface area contributed by atoms with Gasteiger partial charge in [0.15, 0.2) is 11.5 Å². The van der Waals surface area contributed by atoms with Crippen LogP contribution in [0.2, 0.25) is 5.02 Å². The zero-order valence-corrected chi connectivity index (χ0v) is 17.6. The first-order valence-corrected chi connectivity index (χ1v) is 10.1. The van der Waals surface area contributed by atoms with Crippen LogP contribution >= 0.6 is 22.9 Å². The summed E-state index contributed by atoms with van der Waals surface area (Å²) in [7, 11) is 1.21. The Labute approximate surface area is 186 Å². The number of hydrogen-bond donors (Lipinski definition) is 1. The topological polar surface area (TPSA) is 65.5 Å². The molecule has 1 N–H and O–H groups in total. The molecular formula is C19H12ClF5N4O2S. The number of nitrogens with zero attached hydrogens (tertiary/aromatic N) is 3. The smallest absolute Gasteiger partial charge is 0.335 e. The molecule has 1 aromatic carbocycles. The van der Waals surface area contributed by atoms with Crippen molar-refractivity contribution >= 4 is 55.7 Å². The highest BCUT2D eigenvalue weighted by atomic mass is 35.5. The quantitative estimate of drug-likeness (QED) is 0.423. The highest BCUT2D eigenvalue weighted by molar-refractivity contribution is 7.23. The van der Waals surface area contributed by atoms with E-state index in [0.29, 0.717) is 0 Å². The summed E-state index contributed by atoms with van der Waals surface area (Å²) in [4.78, 5) is 30.8. The van der Waals surface area contributed by atoms with Gasteiger partial charge in [0.05, 0.1) is 5.69 Å². The van der Waals surface area contributed by atoms with Crippen molar-refractivity contribution in [2.75, 3.05) is 23.4 Å². The highest BCUT2D eigenvalue weighted by Gasteiger charge is 2.41. The molecule has 2 aromatic heterocycles. The maximum absolute atomic E-state index is 14.4. The maximum atomic E-state index is 14.4. The number of aromatic nitrogens is 1. The van der Waals surface area contributed by atoms with Crippen LogP contribution in [-0.4, -0.2) is 36.6 Å². The van der Waals surface area contributed by atoms with Gasteiger partial charge in [0.1, 0.15) is 21.9 Å². The number of benzene rings is 1. The van der Waals surface area contributed by atoms with Gasteiger partial charge in [-0.15, -0.1) is 11.3 Å². The van der Waals surface area contributed by atoms with Gasteiger partial charge >= 0.3 is 12.2 Å². The van der Waals surface area contributed by atoms with E-state index in [1.54, 1.807) is 0 Å². The number of urea groups is 1. The fourth-order valence-electron chi connectivity index (χ4n) is 3.36. The van der Waals surface area contributed by atoms with Gasteiger partial charge in [-0.1, -0.05) is 11.6 Å². The summed E-state index contributed by atoms with van der Waals surface area (Å²) in [5.74, 6) is -2.92. The van der Waals surface area contributed by atoms with E-state index in [1.165, 1.54) is 13.1 Å². The van der Waals surface area contributed by atoms with Crippen LogP contribution in [0, 0.1) is 11.6 Å². The van der Waals surface area contributed by atoms with Crippen LogP contribution in [-0.2, 0) is 11.0 Å². The molecule has 0 spiro atoms. The summed E-state index contributed by atoms with van der Waals surface area (Å²) in [5, 5.41) is 1.53. The van der Waals surface area contributed by atoms with Crippen molar-refractivity contribution in [2.24, 2.45) is 0 Å². The van der Waals surface area contributed by atoms with Crippen LogP contribution in [0.15, 0.2) is 30.5 Å². The second-order valence-electron chi connectivity index (χ2n) is 6.82. The molecule has 1 aliphatic heterocycles. The van der Waals surface area contributed by atoms with E-state index in [4.69, 9.17) is 11.6 Å². The van der Waals surface area contributed by atoms with Crippen molar-refractivity contribution in [2.45, 2.75) is 12.2 Å². The number of alkyl halides is 3. The van der Waals surface area contributed by atoms with Crippen LogP contribution in [0.25, 0.3) is 10.1 Å². The normalized spacial score (nSPS) is 16.5. The molecule has 0 bridgehead atoms. The molecular weight excluding hydrogens is 479 g/mol. The van der Waals surface area contributed by atoms with Crippen molar-refractivity contribution in [3.05, 3.63) is 52.8 Å². The SMILES string of the molecule is CN(C(=O)[C@@H]1CNC(=O)N1c1cc2c(C(F)(F)F)nccc2s1)c1ccc(F)c(Cl)c1F. The lowest BCUT2D eigenvalue weighted by molar-refractivity contribution is -0.139. The molecule has 168 valence electrons. The first-order chi connectivity index (χ1) is 15.0. The van der Waals surface area contributed by atoms with E-state index in [-0.39, 0.29) is 27.3 Å². The van der Waals surface area contributed by atoms with Crippen LogP contribution in [0.4, 0.5) is 37.4 Å². The molecule has 13 heteroatoms. The van der Waals surface area contributed by atoms with E-state index in [9.17, 15) is 31.5 Å². The zero-order valence-electron chi connectivity index (χ0n) is 16.0. The molecule has 0 saturated carbocycles. The van der Waals surface area contributed by atoms with Gasteiger partial charge in [0.2, 0.25) is 0 Å². The number of carbonyl (C=O) groups excluding carboxylic acids is 2. The molecule has 0 aliphatic carbocycles. The van der Waals surface area contributed by atoms with E-state index in [1.807, 2.05) is 0 Å². The minimum Gasteiger partial charge on any atom is -0.335 e. The molecule has 3 aromatic rings. The van der Waals surface area contributed by atoms with Gasteiger partial charge in [0.25, 0.3) is 5.91 Å². The molecule has 1 atom stereocenters. The number of amides is 3. The number of nitrogens with one attached hydrogen (secondary N) is 1. The Bertz CT molecular complexity index is 1250. The number of rotatable bonds is 3. The van der Waals surface area contributed by atoms with Gasteiger partial charge in [-0.2, -0.15) is 13.2 Å². The van der Waals surface area contributed by atoms with Gasteiger partial charge in [-0.05, 0) is 24.3 Å². The molecule has 0 radical (unpaired) electrons. The van der Waals surface area contributed by atoms with Gasteiger partial charge in [-0.25, -0.2) is 13.6 Å². The summed E-state index contributed by atoms with van der Waals surface area (Å²) in [6, 6.07) is 2.51. The van der Waals surface area contributed by atoms with Crippen molar-refractivity contribution < 1.29 is 31.5 Å². The molecule has 32 heavy (non-hydrogen) atoms. The Hall–Kier alpha value is -2.99. The van der Waals surface area contributed by atoms with Gasteiger partial charge in [-0.3, -0.25) is 14.7 Å². The number of anilines is 2. The molecule has 3 amide bonds. The number of fused-ring (bicyclic) bond motifs is 1. The Morgan fingerprint density at radius 1 is 1.31 bits per heavy atom. The molecule has 1 saturated heterocycles. The van der Waals surface area contributed by atoms with Crippen molar-refractivity contribution in [1.82, 2.24) is 10.3 Å². The predicted octanol–water partition coefficient (Wildman–Crippen LogP) is 4.81. The Kier molecular flexibility index (Phi) is 5.45. The molecule has 0 unspecified atom stereocenters. The van der Waals surface area contributed by atoms with Crippen molar-refractivity contribution in [3.63, 3.8) is 0 Å². The Morgan fingerprint density at radius 2 is 2.03 bits per heavy atom. The standard InChI is InChI=1S/C19H12ClF5N4O2S/c1-28(10-3-2-9(21)14(20)15(10)22)17(30)11-7-27-18(31)29(11)13-6-8-12(32-13)4-5-26-16(8)19(23,24)25/h2-6,11H,7H2,1H3,(H,27,31)/t11-/m0/s1. The lowest BCUT2D eigenvalue weighted by Gasteiger charge is -2.26. The molecule has 3 heterocycles. The van der Waals surface area contributed by atoms with Crippen LogP contribution in [0.3, 0.4) is 0 Å². The molecule has 1 fully saturated rings. The van der Waals surface area contributed by atoms with E-state index >= 15 is 0 Å². The minimum atomic E-state index is -4.71. The Morgan fingerprint density at radius 3 is 2.72 bits per heavy atom. The monoisotopic (exact) mass is 490 g/mol. The van der Waals surface area contributed by atoms with Crippen LogP contribution in [0.1, 0.15) is 5.69 Å². The third kappa shape index (κ3) is 3.62. The minimum absolute atomic E-state index is 0.0814. The van der Waals surface area contributed by atoms with Gasteiger partial charge < -0.3 is 10.2 Å². The average molecular weight is 491 g/mol. The third-order valence-electron chi connectivity index (χ3n) is 4.91. The van der Waals surface area contributed by atoms with Crippen molar-refractivity contribution in [1.29, 1.82) is 0 Å². The average Bonchev–Trinajstić information content (AvgIpc) is 3.33. The largest absolute Gasteiger partial charge is 0.433 e. The van der Waals surface area contributed by atoms with Crippen LogP contribution in [0.5, 0.6) is 0 Å². The number of likely N-dealkylation sites (N-methyl/N-ethyl adjacent to an activating group) is 1. The van der Waals surface area contributed by atoms with Crippen molar-refractivity contribution in [3.8, 4) is 0 Å². The predicted molar refractivity (Wildman–Crippen MR) is 109 cm³/mol. The lowest BCUT2D eigenvalue weighted by Crippen LogP contribution is -2.46. The maximum Gasteiger partial charge on any atom is 0.433 e. The summed E-state index contributed by atoms with van der Waals surface area (Å²) < 4.78 is 67.9. The summed E-state index contributed by atoms with van der Waals surface area (Å²) in [6.07, 6.45) is -3.70. The number of pyridine rings is 1.